The van der Waals surface area contributed by atoms with Gasteiger partial charge in [0.1, 0.15) is 0 Å². The van der Waals surface area contributed by atoms with Crippen molar-refractivity contribution >= 4 is 27.3 Å². The number of amides is 1. The van der Waals surface area contributed by atoms with E-state index in [1.807, 2.05) is 18.2 Å². The second-order valence-corrected chi connectivity index (χ2v) is 8.44. The molecule has 0 spiro atoms. The van der Waals surface area contributed by atoms with Crippen molar-refractivity contribution < 1.29 is 22.7 Å². The highest BCUT2D eigenvalue weighted by atomic mass is 32.2. The minimum absolute atomic E-state index is 0.159. The second-order valence-electron chi connectivity index (χ2n) is 6.69. The van der Waals surface area contributed by atoms with Gasteiger partial charge < -0.3 is 9.47 Å². The molecule has 2 aromatic carbocycles. The number of sulfonamides is 1. The zero-order valence-electron chi connectivity index (χ0n) is 15.4. The van der Waals surface area contributed by atoms with Gasteiger partial charge in [0.05, 0.1) is 18.0 Å². The van der Waals surface area contributed by atoms with Crippen LogP contribution in [0.2, 0.25) is 0 Å². The van der Waals surface area contributed by atoms with Crippen LogP contribution in [0.3, 0.4) is 0 Å². The van der Waals surface area contributed by atoms with E-state index in [-0.39, 0.29) is 18.7 Å². The van der Waals surface area contributed by atoms with Gasteiger partial charge in [0.15, 0.2) is 11.5 Å². The predicted octanol–water partition coefficient (Wildman–Crippen LogP) is 2.48. The molecule has 0 saturated carbocycles. The smallest absolute Gasteiger partial charge is 0.240 e. The molecule has 0 fully saturated rings. The van der Waals surface area contributed by atoms with Crippen LogP contribution in [0.4, 0.5) is 5.69 Å². The number of nitrogens with one attached hydrogen (secondary N) is 1. The number of ether oxygens (including phenoxy) is 2. The van der Waals surface area contributed by atoms with Crippen LogP contribution in [0.5, 0.6) is 11.5 Å². The first kappa shape index (κ1) is 18.3. The van der Waals surface area contributed by atoms with Crippen LogP contribution >= 0.6 is 0 Å². The van der Waals surface area contributed by atoms with Gasteiger partial charge in [-0.05, 0) is 35.4 Å². The Morgan fingerprint density at radius 2 is 1.86 bits per heavy atom. The maximum absolute atomic E-state index is 12.1. The lowest BCUT2D eigenvalue weighted by Gasteiger charge is -2.20. The fourth-order valence-corrected chi connectivity index (χ4v) is 3.86. The molecule has 8 nitrogen and oxygen atoms in total. The maximum Gasteiger partial charge on any atom is 0.240 e. The third kappa shape index (κ3) is 3.65. The SMILES string of the molecule is CC(=O)N1N=C(c2ccc(NS(C)(=O)=O)cc2)C[C@@H]1c1ccc2c(c1)OCO2. The van der Waals surface area contributed by atoms with Gasteiger partial charge in [-0.1, -0.05) is 18.2 Å². The minimum Gasteiger partial charge on any atom is -0.454 e. The lowest BCUT2D eigenvalue weighted by atomic mass is 9.98. The highest BCUT2D eigenvalue weighted by Gasteiger charge is 2.32. The van der Waals surface area contributed by atoms with Gasteiger partial charge in [-0.15, -0.1) is 0 Å². The summed E-state index contributed by atoms with van der Waals surface area (Å²) in [6, 6.07) is 12.3. The van der Waals surface area contributed by atoms with E-state index in [9.17, 15) is 13.2 Å². The van der Waals surface area contributed by atoms with Crippen molar-refractivity contribution in [1.29, 1.82) is 0 Å². The highest BCUT2D eigenvalue weighted by Crippen LogP contribution is 2.39. The Labute approximate surface area is 162 Å². The number of carbonyl (C=O) groups excluding carboxylic acids is 1. The number of nitrogens with zero attached hydrogens (tertiary/aromatic N) is 2. The molecular weight excluding hydrogens is 382 g/mol. The molecule has 1 atom stereocenters. The summed E-state index contributed by atoms with van der Waals surface area (Å²) in [4.78, 5) is 12.1. The molecule has 4 rings (SSSR count). The summed E-state index contributed by atoms with van der Waals surface area (Å²) in [6.07, 6.45) is 1.64. The zero-order chi connectivity index (χ0) is 19.9. The van der Waals surface area contributed by atoms with E-state index in [1.165, 1.54) is 11.9 Å². The highest BCUT2D eigenvalue weighted by molar-refractivity contribution is 7.92. The lowest BCUT2D eigenvalue weighted by molar-refractivity contribution is -0.130. The van der Waals surface area contributed by atoms with Crippen LogP contribution in [0.15, 0.2) is 47.6 Å². The molecule has 0 radical (unpaired) electrons. The van der Waals surface area contributed by atoms with Crippen molar-refractivity contribution in [3.63, 3.8) is 0 Å². The largest absolute Gasteiger partial charge is 0.454 e. The molecule has 146 valence electrons. The van der Waals surface area contributed by atoms with E-state index in [2.05, 4.69) is 9.82 Å². The van der Waals surface area contributed by atoms with Gasteiger partial charge in [0.2, 0.25) is 22.7 Å². The van der Waals surface area contributed by atoms with Crippen molar-refractivity contribution in [1.82, 2.24) is 5.01 Å². The van der Waals surface area contributed by atoms with E-state index in [1.54, 1.807) is 24.3 Å². The molecular formula is C19H19N3O5S. The number of carbonyl (C=O) groups is 1. The number of hydrogen-bond donors (Lipinski definition) is 1. The van der Waals surface area contributed by atoms with Crippen molar-refractivity contribution in [2.75, 3.05) is 17.8 Å². The number of rotatable bonds is 4. The van der Waals surface area contributed by atoms with Gasteiger partial charge in [-0.2, -0.15) is 5.10 Å². The van der Waals surface area contributed by atoms with Crippen molar-refractivity contribution in [3.8, 4) is 11.5 Å². The van der Waals surface area contributed by atoms with Crippen LogP contribution in [0, 0.1) is 0 Å². The van der Waals surface area contributed by atoms with E-state index >= 15 is 0 Å². The van der Waals surface area contributed by atoms with E-state index < -0.39 is 10.0 Å². The Balaban J connectivity index is 1.59. The van der Waals surface area contributed by atoms with Crippen LogP contribution in [-0.4, -0.2) is 38.1 Å². The summed E-state index contributed by atoms with van der Waals surface area (Å²) in [7, 11) is -3.33. The molecule has 28 heavy (non-hydrogen) atoms. The molecule has 2 heterocycles. The van der Waals surface area contributed by atoms with Crippen LogP contribution in [-0.2, 0) is 14.8 Å². The average Bonchev–Trinajstić information content (AvgIpc) is 3.27. The Morgan fingerprint density at radius 1 is 1.14 bits per heavy atom. The Morgan fingerprint density at radius 3 is 2.54 bits per heavy atom. The minimum atomic E-state index is -3.33. The third-order valence-electron chi connectivity index (χ3n) is 4.54. The first-order valence-corrected chi connectivity index (χ1v) is 10.5. The molecule has 2 aromatic rings. The summed E-state index contributed by atoms with van der Waals surface area (Å²) in [5.74, 6) is 1.19. The summed E-state index contributed by atoms with van der Waals surface area (Å²) in [6.45, 7) is 1.67. The van der Waals surface area contributed by atoms with E-state index in [0.29, 0.717) is 23.6 Å². The first-order valence-electron chi connectivity index (χ1n) is 8.65. The molecule has 0 bridgehead atoms. The Bertz CT molecular complexity index is 1060. The van der Waals surface area contributed by atoms with Gasteiger partial charge in [0.25, 0.3) is 0 Å². The molecule has 0 saturated heterocycles. The van der Waals surface area contributed by atoms with Crippen molar-refractivity contribution in [3.05, 3.63) is 53.6 Å². The number of hydrogen-bond acceptors (Lipinski definition) is 6. The molecule has 2 aliphatic rings. The molecule has 9 heteroatoms. The predicted molar refractivity (Wildman–Crippen MR) is 104 cm³/mol. The number of fused-ring (bicyclic) bond motifs is 1. The summed E-state index contributed by atoms with van der Waals surface area (Å²) in [5.41, 5.74) is 2.96. The first-order chi connectivity index (χ1) is 13.3. The molecule has 0 unspecified atom stereocenters. The molecule has 0 aromatic heterocycles. The Kier molecular flexibility index (Phi) is 4.46. The number of hydrazone groups is 1. The molecule has 1 amide bonds. The van der Waals surface area contributed by atoms with E-state index in [4.69, 9.17) is 9.47 Å². The fourth-order valence-electron chi connectivity index (χ4n) is 3.30. The standard InChI is InChI=1S/C19H19N3O5S/c1-12(23)22-17(14-5-8-18-19(9-14)27-11-26-18)10-16(20-22)13-3-6-15(7-4-13)21-28(2,24)25/h3-9,17,21H,10-11H2,1-2H3/t17-/m1/s1. The quantitative estimate of drug-likeness (QED) is 0.849. The maximum atomic E-state index is 12.1. The van der Waals surface area contributed by atoms with Crippen LogP contribution < -0.4 is 14.2 Å². The van der Waals surface area contributed by atoms with E-state index in [0.717, 1.165) is 23.1 Å². The van der Waals surface area contributed by atoms with Crippen molar-refractivity contribution in [2.45, 2.75) is 19.4 Å². The normalized spacial score (nSPS) is 18.1. The lowest BCUT2D eigenvalue weighted by Crippen LogP contribution is -2.24. The molecule has 2 aliphatic heterocycles. The number of benzene rings is 2. The topological polar surface area (TPSA) is 97.3 Å². The third-order valence-corrected chi connectivity index (χ3v) is 5.14. The number of anilines is 1. The average molecular weight is 401 g/mol. The van der Waals surface area contributed by atoms with Crippen molar-refractivity contribution in [2.24, 2.45) is 5.10 Å². The van der Waals surface area contributed by atoms with Gasteiger partial charge in [-0.3, -0.25) is 9.52 Å². The zero-order valence-corrected chi connectivity index (χ0v) is 16.2. The van der Waals surface area contributed by atoms with Crippen LogP contribution in [0.25, 0.3) is 0 Å². The molecule has 0 aliphatic carbocycles. The monoisotopic (exact) mass is 401 g/mol. The summed E-state index contributed by atoms with van der Waals surface area (Å²) in [5, 5.41) is 5.97. The summed E-state index contributed by atoms with van der Waals surface area (Å²) < 4.78 is 35.9. The van der Waals surface area contributed by atoms with Gasteiger partial charge in [-0.25, -0.2) is 13.4 Å². The molecule has 1 N–H and O–H groups in total. The second kappa shape index (κ2) is 6.83. The summed E-state index contributed by atoms with van der Waals surface area (Å²) >= 11 is 0. The fraction of sp³-hybridized carbons (Fsp3) is 0.263. The van der Waals surface area contributed by atoms with Gasteiger partial charge in [0, 0.05) is 19.0 Å². The Hall–Kier alpha value is -3.07. The van der Waals surface area contributed by atoms with Crippen LogP contribution in [0.1, 0.15) is 30.5 Å². The van der Waals surface area contributed by atoms with Gasteiger partial charge >= 0.3 is 0 Å².